The molecule has 1 heterocycles. The van der Waals surface area contributed by atoms with Crippen LogP contribution in [0.25, 0.3) is 0 Å². The van der Waals surface area contributed by atoms with Gasteiger partial charge in [0.25, 0.3) is 0 Å². The van der Waals surface area contributed by atoms with E-state index in [1.54, 1.807) is 4.90 Å². The van der Waals surface area contributed by atoms with Gasteiger partial charge in [-0.3, -0.25) is 9.59 Å². The zero-order valence-corrected chi connectivity index (χ0v) is 11.6. The molecule has 108 valence electrons. The summed E-state index contributed by atoms with van der Waals surface area (Å²) in [5.74, 6) is -0.922. The molecule has 1 aliphatic rings. The van der Waals surface area contributed by atoms with Crippen molar-refractivity contribution in [1.29, 1.82) is 0 Å². The summed E-state index contributed by atoms with van der Waals surface area (Å²) in [5, 5.41) is 12.0. The molecule has 1 amide bonds. The van der Waals surface area contributed by atoms with Gasteiger partial charge in [-0.25, -0.2) is 0 Å². The summed E-state index contributed by atoms with van der Waals surface area (Å²) in [7, 11) is 0. The third kappa shape index (κ3) is 3.17. The molecule has 2 N–H and O–H groups in total. The number of carboxylic acid groups (broad SMARTS) is 1. The van der Waals surface area contributed by atoms with Crippen LogP contribution in [-0.2, 0) is 16.0 Å². The molecular weight excluding hydrogens is 256 g/mol. The number of nitrogens with zero attached hydrogens (tertiary/aromatic N) is 1. The van der Waals surface area contributed by atoms with Gasteiger partial charge in [0.2, 0.25) is 5.91 Å². The van der Waals surface area contributed by atoms with Crippen molar-refractivity contribution < 1.29 is 14.7 Å². The third-order valence-electron chi connectivity index (χ3n) is 3.64. The fourth-order valence-corrected chi connectivity index (χ4v) is 2.56. The Labute approximate surface area is 118 Å². The summed E-state index contributed by atoms with van der Waals surface area (Å²) in [5.41, 5.74) is 2.21. The Hall–Kier alpha value is -1.88. The second kappa shape index (κ2) is 6.52. The van der Waals surface area contributed by atoms with E-state index in [4.69, 9.17) is 5.11 Å². The number of amides is 1. The van der Waals surface area contributed by atoms with Gasteiger partial charge >= 0.3 is 5.97 Å². The molecule has 0 fully saturated rings. The molecule has 1 atom stereocenters. The lowest BCUT2D eigenvalue weighted by Crippen LogP contribution is -2.44. The van der Waals surface area contributed by atoms with Crippen molar-refractivity contribution in [3.8, 4) is 0 Å². The molecule has 1 aromatic rings. The number of carbonyl (C=O) groups excluding carboxylic acids is 1. The van der Waals surface area contributed by atoms with E-state index in [9.17, 15) is 9.59 Å². The lowest BCUT2D eigenvalue weighted by Gasteiger charge is -2.30. The Morgan fingerprint density at radius 3 is 2.85 bits per heavy atom. The van der Waals surface area contributed by atoms with Gasteiger partial charge in [-0.1, -0.05) is 24.3 Å². The van der Waals surface area contributed by atoms with Crippen LogP contribution in [0.4, 0.5) is 0 Å². The van der Waals surface area contributed by atoms with E-state index in [1.165, 1.54) is 5.56 Å². The van der Waals surface area contributed by atoms with Crippen molar-refractivity contribution >= 4 is 11.9 Å². The van der Waals surface area contributed by atoms with Gasteiger partial charge in [-0.15, -0.1) is 0 Å². The van der Waals surface area contributed by atoms with Gasteiger partial charge in [0, 0.05) is 19.6 Å². The quantitative estimate of drug-likeness (QED) is 0.847. The zero-order valence-electron chi connectivity index (χ0n) is 11.6. The van der Waals surface area contributed by atoms with E-state index >= 15 is 0 Å². The van der Waals surface area contributed by atoms with Crippen molar-refractivity contribution in [3.05, 3.63) is 35.4 Å². The first kappa shape index (κ1) is 14.5. The summed E-state index contributed by atoms with van der Waals surface area (Å²) in [6, 6.07) is 7.57. The Kier molecular flexibility index (Phi) is 4.74. The maximum absolute atomic E-state index is 12.6. The van der Waals surface area contributed by atoms with Crippen molar-refractivity contribution in [1.82, 2.24) is 10.2 Å². The first-order valence-electron chi connectivity index (χ1n) is 6.95. The van der Waals surface area contributed by atoms with Crippen LogP contribution in [0.1, 0.15) is 30.5 Å². The molecule has 0 spiro atoms. The lowest BCUT2D eigenvalue weighted by atomic mass is 9.93. The van der Waals surface area contributed by atoms with E-state index in [0.717, 1.165) is 18.5 Å². The summed E-state index contributed by atoms with van der Waals surface area (Å²) < 4.78 is 0. The highest BCUT2D eigenvalue weighted by molar-refractivity contribution is 5.84. The number of carbonyl (C=O) groups is 2. The minimum atomic E-state index is -0.881. The molecule has 0 bridgehead atoms. The topological polar surface area (TPSA) is 69.6 Å². The summed E-state index contributed by atoms with van der Waals surface area (Å²) >= 11 is 0. The Morgan fingerprint density at radius 1 is 1.40 bits per heavy atom. The summed E-state index contributed by atoms with van der Waals surface area (Å²) in [4.78, 5) is 24.8. The van der Waals surface area contributed by atoms with E-state index in [0.29, 0.717) is 6.54 Å². The Balaban J connectivity index is 2.14. The molecule has 0 saturated heterocycles. The number of benzene rings is 1. The maximum Gasteiger partial charge on any atom is 0.305 e. The second-order valence-electron chi connectivity index (χ2n) is 4.90. The van der Waals surface area contributed by atoms with Crippen LogP contribution in [0, 0.1) is 0 Å². The Bertz CT molecular complexity index is 502. The fourth-order valence-electron chi connectivity index (χ4n) is 2.56. The summed E-state index contributed by atoms with van der Waals surface area (Å²) in [6.07, 6.45) is 0.898. The Morgan fingerprint density at radius 2 is 2.15 bits per heavy atom. The van der Waals surface area contributed by atoms with Crippen LogP contribution in [0.15, 0.2) is 24.3 Å². The standard InChI is InChI=1S/C15H20N2O3/c1-2-17(10-8-13(18)19)15(20)14-12-6-4-3-5-11(12)7-9-16-14/h3-6,14,16H,2,7-10H2,1H3,(H,18,19). The van der Waals surface area contributed by atoms with E-state index in [1.807, 2.05) is 31.2 Å². The minimum absolute atomic E-state index is 0.0199. The van der Waals surface area contributed by atoms with Crippen LogP contribution in [0.3, 0.4) is 0 Å². The van der Waals surface area contributed by atoms with Gasteiger partial charge in [0.1, 0.15) is 6.04 Å². The number of likely N-dealkylation sites (N-methyl/N-ethyl adjacent to an activating group) is 1. The molecule has 0 aromatic heterocycles. The predicted molar refractivity (Wildman–Crippen MR) is 75.4 cm³/mol. The van der Waals surface area contributed by atoms with Crippen molar-refractivity contribution in [2.45, 2.75) is 25.8 Å². The van der Waals surface area contributed by atoms with E-state index < -0.39 is 5.97 Å². The van der Waals surface area contributed by atoms with Gasteiger partial charge in [0.05, 0.1) is 6.42 Å². The van der Waals surface area contributed by atoms with Crippen LogP contribution in [-0.4, -0.2) is 41.5 Å². The minimum Gasteiger partial charge on any atom is -0.481 e. The number of hydrogen-bond acceptors (Lipinski definition) is 3. The van der Waals surface area contributed by atoms with E-state index in [2.05, 4.69) is 5.32 Å². The summed E-state index contributed by atoms with van der Waals surface area (Å²) in [6.45, 7) is 3.41. The van der Waals surface area contributed by atoms with Crippen molar-refractivity contribution in [2.75, 3.05) is 19.6 Å². The van der Waals surface area contributed by atoms with Crippen molar-refractivity contribution in [2.24, 2.45) is 0 Å². The van der Waals surface area contributed by atoms with Crippen LogP contribution >= 0.6 is 0 Å². The lowest BCUT2D eigenvalue weighted by molar-refractivity contribution is -0.139. The average Bonchev–Trinajstić information content (AvgIpc) is 2.46. The normalized spacial score (nSPS) is 17.4. The zero-order chi connectivity index (χ0) is 14.5. The average molecular weight is 276 g/mol. The van der Waals surface area contributed by atoms with Gasteiger partial charge in [-0.05, 0) is 24.5 Å². The molecule has 0 aliphatic carbocycles. The number of nitrogens with one attached hydrogen (secondary N) is 1. The number of rotatable bonds is 5. The predicted octanol–water partition coefficient (Wildman–Crippen LogP) is 1.20. The highest BCUT2D eigenvalue weighted by Crippen LogP contribution is 2.24. The molecule has 2 rings (SSSR count). The molecule has 0 saturated carbocycles. The molecular formula is C15H20N2O3. The van der Waals surface area contributed by atoms with Crippen molar-refractivity contribution in [3.63, 3.8) is 0 Å². The third-order valence-corrected chi connectivity index (χ3v) is 3.64. The number of fused-ring (bicyclic) bond motifs is 1. The van der Waals surface area contributed by atoms with Gasteiger partial charge in [0.15, 0.2) is 0 Å². The largest absolute Gasteiger partial charge is 0.481 e. The molecule has 1 aromatic carbocycles. The monoisotopic (exact) mass is 276 g/mol. The highest BCUT2D eigenvalue weighted by atomic mass is 16.4. The van der Waals surface area contributed by atoms with Gasteiger partial charge < -0.3 is 15.3 Å². The highest BCUT2D eigenvalue weighted by Gasteiger charge is 2.28. The fraction of sp³-hybridized carbons (Fsp3) is 0.467. The molecule has 20 heavy (non-hydrogen) atoms. The molecule has 5 nitrogen and oxygen atoms in total. The smallest absolute Gasteiger partial charge is 0.305 e. The SMILES string of the molecule is CCN(CCC(=O)O)C(=O)C1NCCc2ccccc21. The number of hydrogen-bond donors (Lipinski definition) is 2. The molecule has 1 aliphatic heterocycles. The molecule has 5 heteroatoms. The molecule has 1 unspecified atom stereocenters. The van der Waals surface area contributed by atoms with Crippen LogP contribution in [0.5, 0.6) is 0 Å². The van der Waals surface area contributed by atoms with Crippen LogP contribution < -0.4 is 5.32 Å². The maximum atomic E-state index is 12.6. The first-order valence-corrected chi connectivity index (χ1v) is 6.95. The number of carboxylic acids is 1. The van der Waals surface area contributed by atoms with E-state index in [-0.39, 0.29) is 24.9 Å². The van der Waals surface area contributed by atoms with Gasteiger partial charge in [-0.2, -0.15) is 0 Å². The molecule has 0 radical (unpaired) electrons. The first-order chi connectivity index (χ1) is 9.63. The van der Waals surface area contributed by atoms with Crippen LogP contribution in [0.2, 0.25) is 0 Å². The second-order valence-corrected chi connectivity index (χ2v) is 4.90. The number of aliphatic carboxylic acids is 1.